The quantitative estimate of drug-likeness (QED) is 0.675. The van der Waals surface area contributed by atoms with Crippen molar-refractivity contribution in [3.8, 4) is 0 Å². The predicted molar refractivity (Wildman–Crippen MR) is 115 cm³/mol. The molecule has 5 nitrogen and oxygen atoms in total. The molecule has 0 unspecified atom stereocenters. The SMILES string of the molecule is CN(Cc1ccccc1)C(=O)[C@H](NC(=S)N[C@@H]1CCCC[C@H]1N)C(C)(C)C. The average molecular weight is 391 g/mol. The largest absolute Gasteiger partial charge is 0.358 e. The fraction of sp³-hybridized carbons (Fsp3) is 0.619. The Bertz CT molecular complexity index is 629. The molecule has 0 spiro atoms. The molecule has 0 aromatic heterocycles. The summed E-state index contributed by atoms with van der Waals surface area (Å²) in [6, 6.07) is 9.88. The summed E-state index contributed by atoms with van der Waals surface area (Å²) in [6.07, 6.45) is 4.37. The van der Waals surface area contributed by atoms with Crippen molar-refractivity contribution in [2.75, 3.05) is 7.05 Å². The fourth-order valence-corrected chi connectivity index (χ4v) is 3.75. The lowest BCUT2D eigenvalue weighted by molar-refractivity contribution is -0.134. The fourth-order valence-electron chi connectivity index (χ4n) is 3.48. The van der Waals surface area contributed by atoms with Gasteiger partial charge in [0.25, 0.3) is 0 Å². The summed E-state index contributed by atoms with van der Waals surface area (Å²) in [5.41, 5.74) is 7.04. The zero-order valence-electron chi connectivity index (χ0n) is 17.0. The monoisotopic (exact) mass is 390 g/mol. The second kappa shape index (κ2) is 9.51. The van der Waals surface area contributed by atoms with Crippen LogP contribution in [0.15, 0.2) is 30.3 Å². The Morgan fingerprint density at radius 2 is 1.89 bits per heavy atom. The van der Waals surface area contributed by atoms with Gasteiger partial charge in [-0.15, -0.1) is 0 Å². The van der Waals surface area contributed by atoms with Crippen molar-refractivity contribution < 1.29 is 4.79 Å². The molecule has 3 atom stereocenters. The third kappa shape index (κ3) is 6.47. The average Bonchev–Trinajstić information content (AvgIpc) is 2.61. The van der Waals surface area contributed by atoms with Gasteiger partial charge in [-0.05, 0) is 36.0 Å². The summed E-state index contributed by atoms with van der Waals surface area (Å²) < 4.78 is 0. The van der Waals surface area contributed by atoms with Crippen molar-refractivity contribution in [3.05, 3.63) is 35.9 Å². The number of nitrogens with one attached hydrogen (secondary N) is 2. The van der Waals surface area contributed by atoms with E-state index in [1.807, 2.05) is 58.2 Å². The Hall–Kier alpha value is -1.66. The number of amides is 1. The van der Waals surface area contributed by atoms with Crippen LogP contribution >= 0.6 is 12.2 Å². The highest BCUT2D eigenvalue weighted by atomic mass is 32.1. The van der Waals surface area contributed by atoms with Crippen LogP contribution in [0.2, 0.25) is 0 Å². The van der Waals surface area contributed by atoms with E-state index in [0.29, 0.717) is 11.7 Å². The zero-order chi connectivity index (χ0) is 20.0. The third-order valence-corrected chi connectivity index (χ3v) is 5.40. The number of nitrogens with zero attached hydrogens (tertiary/aromatic N) is 1. The smallest absolute Gasteiger partial charge is 0.245 e. The number of thiocarbonyl (C=S) groups is 1. The molecule has 0 saturated heterocycles. The molecule has 1 saturated carbocycles. The first-order valence-corrected chi connectivity index (χ1v) is 10.2. The molecule has 1 fully saturated rings. The molecule has 1 amide bonds. The van der Waals surface area contributed by atoms with Gasteiger partial charge in [0.15, 0.2) is 5.11 Å². The Kier molecular flexibility index (Phi) is 7.62. The van der Waals surface area contributed by atoms with Crippen molar-refractivity contribution in [1.29, 1.82) is 0 Å². The minimum atomic E-state index is -0.411. The summed E-state index contributed by atoms with van der Waals surface area (Å²) in [6.45, 7) is 6.72. The number of carbonyl (C=O) groups excluding carboxylic acids is 1. The van der Waals surface area contributed by atoms with Crippen molar-refractivity contribution in [3.63, 3.8) is 0 Å². The maximum atomic E-state index is 13.1. The molecule has 1 aliphatic carbocycles. The molecule has 0 radical (unpaired) electrons. The van der Waals surface area contributed by atoms with Gasteiger partial charge in [0.2, 0.25) is 5.91 Å². The zero-order valence-corrected chi connectivity index (χ0v) is 17.8. The van der Waals surface area contributed by atoms with E-state index in [4.69, 9.17) is 18.0 Å². The van der Waals surface area contributed by atoms with E-state index < -0.39 is 6.04 Å². The molecule has 1 aromatic carbocycles. The van der Waals surface area contributed by atoms with Gasteiger partial charge in [-0.1, -0.05) is 63.9 Å². The maximum Gasteiger partial charge on any atom is 0.245 e. The van der Waals surface area contributed by atoms with Crippen LogP contribution < -0.4 is 16.4 Å². The summed E-state index contributed by atoms with van der Waals surface area (Å²) in [5, 5.41) is 7.12. The Morgan fingerprint density at radius 1 is 1.26 bits per heavy atom. The van der Waals surface area contributed by atoms with Gasteiger partial charge in [-0.2, -0.15) is 0 Å². The van der Waals surface area contributed by atoms with Crippen LogP contribution in [-0.2, 0) is 11.3 Å². The summed E-state index contributed by atoms with van der Waals surface area (Å²) in [7, 11) is 1.84. The molecular weight excluding hydrogens is 356 g/mol. The topological polar surface area (TPSA) is 70.4 Å². The number of benzene rings is 1. The first kappa shape index (κ1) is 21.6. The van der Waals surface area contributed by atoms with Crippen LogP contribution in [-0.4, -0.2) is 41.1 Å². The van der Waals surface area contributed by atoms with E-state index in [-0.39, 0.29) is 23.4 Å². The molecule has 1 aromatic rings. The molecule has 1 aliphatic rings. The summed E-state index contributed by atoms with van der Waals surface area (Å²) in [5.74, 6) is 0.0310. The minimum Gasteiger partial charge on any atom is -0.358 e. The van der Waals surface area contributed by atoms with E-state index in [1.165, 1.54) is 6.42 Å². The highest BCUT2D eigenvalue weighted by Crippen LogP contribution is 2.22. The van der Waals surface area contributed by atoms with Gasteiger partial charge < -0.3 is 21.3 Å². The van der Waals surface area contributed by atoms with Crippen LogP contribution in [0.3, 0.4) is 0 Å². The number of likely N-dealkylation sites (N-methyl/N-ethyl adjacent to an activating group) is 1. The van der Waals surface area contributed by atoms with E-state index in [2.05, 4.69) is 10.6 Å². The highest BCUT2D eigenvalue weighted by molar-refractivity contribution is 7.80. The van der Waals surface area contributed by atoms with Gasteiger partial charge in [-0.3, -0.25) is 4.79 Å². The molecule has 6 heteroatoms. The standard InChI is InChI=1S/C21H34N4OS/c1-21(2,3)18(19(26)25(4)14-15-10-6-5-7-11-15)24-20(27)23-17-13-9-8-12-16(17)22/h5-7,10-11,16-18H,8-9,12-14,22H2,1-4H3,(H2,23,24,27)/t16-,17-,18+/m1/s1. The van der Waals surface area contributed by atoms with Crippen molar-refractivity contribution in [1.82, 2.24) is 15.5 Å². The van der Waals surface area contributed by atoms with Crippen LogP contribution in [0.1, 0.15) is 52.0 Å². The van der Waals surface area contributed by atoms with E-state index in [9.17, 15) is 4.79 Å². The number of rotatable bonds is 5. The van der Waals surface area contributed by atoms with Crippen LogP contribution in [0, 0.1) is 5.41 Å². The second-order valence-corrected chi connectivity index (χ2v) is 9.06. The van der Waals surface area contributed by atoms with Crippen LogP contribution in [0.5, 0.6) is 0 Å². The molecule has 2 rings (SSSR count). The molecule has 150 valence electrons. The van der Waals surface area contributed by atoms with Crippen LogP contribution in [0.25, 0.3) is 0 Å². The Morgan fingerprint density at radius 3 is 2.48 bits per heavy atom. The Labute approximate surface area is 169 Å². The maximum absolute atomic E-state index is 13.1. The van der Waals surface area contributed by atoms with E-state index in [1.54, 1.807) is 4.90 Å². The molecule has 0 bridgehead atoms. The number of hydrogen-bond donors (Lipinski definition) is 3. The van der Waals surface area contributed by atoms with Gasteiger partial charge in [0, 0.05) is 25.7 Å². The number of carbonyl (C=O) groups is 1. The van der Waals surface area contributed by atoms with Crippen LogP contribution in [0.4, 0.5) is 0 Å². The lowest BCUT2D eigenvalue weighted by Gasteiger charge is -2.36. The number of nitrogens with two attached hydrogens (primary N) is 1. The Balaban J connectivity index is 2.01. The predicted octanol–water partition coefficient (Wildman–Crippen LogP) is 2.79. The molecule has 4 N–H and O–H groups in total. The van der Waals surface area contributed by atoms with Gasteiger partial charge in [0.1, 0.15) is 6.04 Å². The van der Waals surface area contributed by atoms with Gasteiger partial charge >= 0.3 is 0 Å². The number of hydrogen-bond acceptors (Lipinski definition) is 3. The summed E-state index contributed by atoms with van der Waals surface area (Å²) in [4.78, 5) is 14.9. The summed E-state index contributed by atoms with van der Waals surface area (Å²) >= 11 is 5.52. The minimum absolute atomic E-state index is 0.0310. The molecule has 0 heterocycles. The third-order valence-electron chi connectivity index (χ3n) is 5.16. The van der Waals surface area contributed by atoms with Crippen molar-refractivity contribution >= 4 is 23.2 Å². The van der Waals surface area contributed by atoms with Crippen molar-refractivity contribution in [2.45, 2.75) is 71.1 Å². The van der Waals surface area contributed by atoms with Gasteiger partial charge in [-0.25, -0.2) is 0 Å². The van der Waals surface area contributed by atoms with E-state index in [0.717, 1.165) is 24.8 Å². The lowest BCUT2D eigenvalue weighted by atomic mass is 9.85. The highest BCUT2D eigenvalue weighted by Gasteiger charge is 2.34. The normalized spacial score (nSPS) is 21.2. The molecule has 27 heavy (non-hydrogen) atoms. The van der Waals surface area contributed by atoms with Crippen molar-refractivity contribution in [2.24, 2.45) is 11.1 Å². The van der Waals surface area contributed by atoms with E-state index >= 15 is 0 Å². The first-order chi connectivity index (χ1) is 12.7. The second-order valence-electron chi connectivity index (χ2n) is 8.65. The first-order valence-electron chi connectivity index (χ1n) is 9.80. The molecular formula is C21H34N4OS. The lowest BCUT2D eigenvalue weighted by Crippen LogP contribution is -2.59. The molecule has 0 aliphatic heterocycles. The van der Waals surface area contributed by atoms with Gasteiger partial charge in [0.05, 0.1) is 0 Å².